The maximum absolute atomic E-state index is 10.0. The first-order valence-electron chi connectivity index (χ1n) is 10.4. The number of benzene rings is 2. The topological polar surface area (TPSA) is 29.5 Å². The van der Waals surface area contributed by atoms with E-state index in [0.29, 0.717) is 6.32 Å². The van der Waals surface area contributed by atoms with E-state index in [4.69, 9.17) is 4.74 Å². The zero-order valence-corrected chi connectivity index (χ0v) is 17.7. The van der Waals surface area contributed by atoms with E-state index in [1.807, 2.05) is 86.9 Å². The Hall–Kier alpha value is -1.15. The van der Waals surface area contributed by atoms with Gasteiger partial charge in [-0.1, -0.05) is 60.7 Å². The summed E-state index contributed by atoms with van der Waals surface area (Å²) in [6.45, 7) is 0. The first-order chi connectivity index (χ1) is 14.8. The predicted molar refractivity (Wildman–Crippen MR) is 140 cm³/mol. The number of aryl methyl sites for hydroxylation is 1. The number of ether oxygens (including phenoxy) is 1. The van der Waals surface area contributed by atoms with Gasteiger partial charge in [-0.15, -0.1) is 0 Å². The van der Waals surface area contributed by atoms with Gasteiger partial charge in [0.25, 0.3) is 0 Å². The molecule has 0 aliphatic carbocycles. The van der Waals surface area contributed by atoms with E-state index < -0.39 is 0 Å². The van der Waals surface area contributed by atoms with Crippen LogP contribution in [0.4, 0.5) is 0 Å². The van der Waals surface area contributed by atoms with Crippen molar-refractivity contribution in [3.63, 3.8) is 0 Å². The number of methoxy groups -OCH3 is 1. The lowest BCUT2D eigenvalue weighted by Gasteiger charge is -2.09. The highest BCUT2D eigenvalue weighted by Gasteiger charge is 2.06. The van der Waals surface area contributed by atoms with Crippen LogP contribution in [-0.2, 0) is 12.7 Å². The highest BCUT2D eigenvalue weighted by atomic mass is 16.5. The molecule has 1 atom stereocenters. The largest absolute Gasteiger partial charge is 0.497 e. The standard InChI is InChI=1S/C18H22B10O2/c1-30-18-11-8-16(9-12-18)13-19-21-23-25-27-28-26-24-22-20-14-17(29)10-7-15-5-3-2-4-6-15/h2-6,8-9,11-12,17,29H,7,10,13-14H2,1H3. The minimum absolute atomic E-state index is 0.293. The van der Waals surface area contributed by atoms with E-state index in [9.17, 15) is 5.11 Å². The average molecular weight is 378 g/mol. The maximum Gasteiger partial charge on any atom is 0.118 e. The summed E-state index contributed by atoms with van der Waals surface area (Å²) in [6.07, 6.45) is 2.99. The molecule has 10 radical (unpaired) electrons. The molecular weight excluding hydrogens is 356 g/mol. The Morgan fingerprint density at radius 3 is 1.97 bits per heavy atom. The molecule has 0 fully saturated rings. The monoisotopic (exact) mass is 380 g/mol. The van der Waals surface area contributed by atoms with E-state index in [2.05, 4.69) is 38.5 Å². The summed E-state index contributed by atoms with van der Waals surface area (Å²) in [5.41, 5.74) is 2.53. The Labute approximate surface area is 190 Å². The number of aliphatic hydroxyl groups is 1. The van der Waals surface area contributed by atoms with E-state index in [1.165, 1.54) is 11.1 Å². The number of aliphatic hydroxyl groups excluding tert-OH is 1. The Balaban J connectivity index is 1.33. The van der Waals surface area contributed by atoms with Gasteiger partial charge in [0.2, 0.25) is 0 Å². The molecule has 0 bridgehead atoms. The molecule has 0 amide bonds. The van der Waals surface area contributed by atoms with Gasteiger partial charge in [0.1, 0.15) is 5.75 Å². The van der Waals surface area contributed by atoms with Crippen molar-refractivity contribution in [3.05, 3.63) is 65.7 Å². The summed E-state index contributed by atoms with van der Waals surface area (Å²) in [7, 11) is 21.8. The Morgan fingerprint density at radius 2 is 1.33 bits per heavy atom. The van der Waals surface area contributed by atoms with Crippen LogP contribution in [-0.4, -0.2) is 89.1 Å². The average Bonchev–Trinajstić information content (AvgIpc) is 2.79. The highest BCUT2D eigenvalue weighted by Crippen LogP contribution is 2.11. The van der Waals surface area contributed by atoms with Crippen molar-refractivity contribution < 1.29 is 9.84 Å². The Kier molecular flexibility index (Phi) is 13.8. The van der Waals surface area contributed by atoms with Crippen LogP contribution in [0.2, 0.25) is 6.32 Å². The molecule has 2 aromatic rings. The molecule has 0 aromatic heterocycles. The predicted octanol–water partition coefficient (Wildman–Crippen LogP) is -0.116. The zero-order valence-electron chi connectivity index (χ0n) is 17.7. The van der Waals surface area contributed by atoms with Crippen LogP contribution in [0.25, 0.3) is 0 Å². The van der Waals surface area contributed by atoms with Crippen LogP contribution in [0, 0.1) is 0 Å². The summed E-state index contributed by atoms with van der Waals surface area (Å²) in [5, 5.41) is 10.0. The van der Waals surface area contributed by atoms with E-state index >= 15 is 0 Å². The lowest BCUT2D eigenvalue weighted by molar-refractivity contribution is 0.185. The molecule has 12 heteroatoms. The first kappa shape index (κ1) is 25.1. The summed E-state index contributed by atoms with van der Waals surface area (Å²) in [6, 6.07) is 18.4. The van der Waals surface area contributed by atoms with E-state index in [-0.39, 0.29) is 6.10 Å². The summed E-state index contributed by atoms with van der Waals surface area (Å²) in [4.78, 5) is 0. The van der Waals surface area contributed by atoms with Gasteiger partial charge in [0.05, 0.1) is 21.5 Å². The minimum Gasteiger partial charge on any atom is -0.497 e. The molecule has 136 valence electrons. The molecular formula is C18H22B10O2. The van der Waals surface area contributed by atoms with Crippen LogP contribution in [0.5, 0.6) is 5.75 Å². The molecule has 2 aromatic carbocycles. The van der Waals surface area contributed by atoms with Gasteiger partial charge in [-0.25, -0.2) is 0 Å². The molecule has 0 aliphatic heterocycles. The quantitative estimate of drug-likeness (QED) is 0.307. The third kappa shape index (κ3) is 11.9. The van der Waals surface area contributed by atoms with Crippen molar-refractivity contribution in [1.82, 2.24) is 0 Å². The van der Waals surface area contributed by atoms with Gasteiger partial charge in [-0.3, -0.25) is 0 Å². The summed E-state index contributed by atoms with van der Waals surface area (Å²) in [5.74, 6) is 0.884. The Bertz CT molecular complexity index is 662. The molecule has 0 saturated carbocycles. The normalized spacial score (nSPS) is 10.7. The lowest BCUT2D eigenvalue weighted by atomic mass is 8.88. The third-order valence-corrected chi connectivity index (χ3v) is 4.58. The van der Waals surface area contributed by atoms with Gasteiger partial charge in [0, 0.05) is 62.6 Å². The fourth-order valence-electron chi connectivity index (χ4n) is 2.84. The highest BCUT2D eigenvalue weighted by molar-refractivity contribution is 7.69. The molecule has 30 heavy (non-hydrogen) atoms. The molecule has 0 saturated heterocycles. The maximum atomic E-state index is 10.0. The van der Waals surface area contributed by atoms with Gasteiger partial charge < -0.3 is 9.84 Å². The second kappa shape index (κ2) is 16.5. The second-order valence-corrected chi connectivity index (χ2v) is 6.98. The van der Waals surface area contributed by atoms with Crippen molar-refractivity contribution in [1.29, 1.82) is 0 Å². The molecule has 2 rings (SSSR count). The van der Waals surface area contributed by atoms with Crippen LogP contribution in [0.1, 0.15) is 17.5 Å². The van der Waals surface area contributed by atoms with Crippen molar-refractivity contribution in [2.75, 3.05) is 7.11 Å². The fraction of sp³-hybridized carbons (Fsp3) is 0.333. The van der Waals surface area contributed by atoms with Crippen LogP contribution in [0.3, 0.4) is 0 Å². The second-order valence-electron chi connectivity index (χ2n) is 6.98. The van der Waals surface area contributed by atoms with Crippen LogP contribution >= 0.6 is 0 Å². The van der Waals surface area contributed by atoms with Crippen molar-refractivity contribution in [3.8, 4) is 5.75 Å². The summed E-state index contributed by atoms with van der Waals surface area (Å²) < 4.78 is 5.16. The third-order valence-electron chi connectivity index (χ3n) is 4.58. The van der Waals surface area contributed by atoms with Crippen molar-refractivity contribution in [2.45, 2.75) is 31.6 Å². The number of hydrogen-bond acceptors (Lipinski definition) is 2. The molecule has 0 spiro atoms. The molecule has 0 heterocycles. The molecule has 1 N–H and O–H groups in total. The zero-order chi connectivity index (χ0) is 21.3. The minimum atomic E-state index is -0.293. The van der Waals surface area contributed by atoms with Gasteiger partial charge in [0.15, 0.2) is 0 Å². The van der Waals surface area contributed by atoms with Crippen LogP contribution < -0.4 is 4.74 Å². The van der Waals surface area contributed by atoms with Crippen molar-refractivity contribution in [2.24, 2.45) is 0 Å². The molecule has 2 nitrogen and oxygen atoms in total. The fourth-order valence-corrected chi connectivity index (χ4v) is 2.84. The number of hydrogen-bond donors (Lipinski definition) is 1. The Morgan fingerprint density at radius 1 is 0.733 bits per heavy atom. The molecule has 0 aliphatic rings. The van der Waals surface area contributed by atoms with E-state index in [0.717, 1.165) is 24.9 Å². The van der Waals surface area contributed by atoms with Crippen LogP contribution in [0.15, 0.2) is 54.6 Å². The van der Waals surface area contributed by atoms with Gasteiger partial charge >= 0.3 is 0 Å². The van der Waals surface area contributed by atoms with E-state index in [1.54, 1.807) is 7.11 Å². The SMILES string of the molecule is COc1ccc(C[B][B][B][B][B][B][B][B][B][B]CC(O)CCc2ccccc2)cc1. The molecule has 1 unspecified atom stereocenters. The van der Waals surface area contributed by atoms with Gasteiger partial charge in [-0.05, 0) is 30.5 Å². The lowest BCUT2D eigenvalue weighted by Crippen LogP contribution is -2.33. The van der Waals surface area contributed by atoms with Crippen molar-refractivity contribution >= 4 is 70.8 Å². The first-order valence-corrected chi connectivity index (χ1v) is 10.4. The van der Waals surface area contributed by atoms with Gasteiger partial charge in [-0.2, -0.15) is 0 Å². The summed E-state index contributed by atoms with van der Waals surface area (Å²) >= 11 is 0. The number of rotatable bonds is 17. The smallest absolute Gasteiger partial charge is 0.118 e.